The zero-order chi connectivity index (χ0) is 29.5. The second kappa shape index (κ2) is 21.8. The van der Waals surface area contributed by atoms with Gasteiger partial charge in [0.05, 0.1) is 18.4 Å². The van der Waals surface area contributed by atoms with E-state index in [9.17, 15) is 9.59 Å². The summed E-state index contributed by atoms with van der Waals surface area (Å²) in [6.45, 7) is 4.52. The molecule has 7 heteroatoms. The van der Waals surface area contributed by atoms with Gasteiger partial charge in [-0.05, 0) is 61.4 Å². The fourth-order valence-corrected chi connectivity index (χ4v) is 4.72. The number of rotatable bonds is 22. The lowest BCUT2D eigenvalue weighted by atomic mass is 10.0. The fourth-order valence-electron chi connectivity index (χ4n) is 4.59. The number of hydrazone groups is 1. The molecule has 226 valence electrons. The van der Waals surface area contributed by atoms with E-state index >= 15 is 0 Å². The number of halogens is 1. The van der Waals surface area contributed by atoms with Crippen LogP contribution in [0, 0.1) is 0 Å². The van der Waals surface area contributed by atoms with Gasteiger partial charge in [0.15, 0.2) is 11.5 Å². The zero-order valence-electron chi connectivity index (χ0n) is 25.1. The van der Waals surface area contributed by atoms with Crippen LogP contribution in [0.15, 0.2) is 47.6 Å². The predicted octanol–water partition coefficient (Wildman–Crippen LogP) is 9.67. The quantitative estimate of drug-likeness (QED) is 0.0491. The average molecular weight is 585 g/mol. The highest BCUT2D eigenvalue weighted by molar-refractivity contribution is 6.30. The Balaban J connectivity index is 1.58. The molecule has 0 aliphatic heterocycles. The summed E-state index contributed by atoms with van der Waals surface area (Å²) in [4.78, 5) is 24.6. The molecule has 0 atom stereocenters. The highest BCUT2D eigenvalue weighted by Crippen LogP contribution is 2.29. The van der Waals surface area contributed by atoms with Crippen molar-refractivity contribution in [2.24, 2.45) is 5.10 Å². The van der Waals surface area contributed by atoms with Crippen LogP contribution < -0.4 is 14.9 Å². The predicted molar refractivity (Wildman–Crippen MR) is 169 cm³/mol. The fraction of sp³-hybridized carbons (Fsp3) is 0.559. The van der Waals surface area contributed by atoms with E-state index < -0.39 is 5.97 Å². The van der Waals surface area contributed by atoms with Crippen LogP contribution in [-0.4, -0.2) is 24.7 Å². The van der Waals surface area contributed by atoms with Crippen LogP contribution >= 0.6 is 11.6 Å². The van der Waals surface area contributed by atoms with E-state index in [1.54, 1.807) is 48.7 Å². The number of hydrogen-bond acceptors (Lipinski definition) is 5. The van der Waals surface area contributed by atoms with Crippen molar-refractivity contribution < 1.29 is 19.1 Å². The molecule has 0 radical (unpaired) electrons. The van der Waals surface area contributed by atoms with Crippen LogP contribution in [0.4, 0.5) is 0 Å². The molecule has 2 rings (SSSR count). The molecular formula is C34H49ClN2O4. The molecule has 1 N–H and O–H groups in total. The summed E-state index contributed by atoms with van der Waals surface area (Å²) in [5.74, 6) is 0.133. The van der Waals surface area contributed by atoms with Crippen molar-refractivity contribution in [1.82, 2.24) is 5.43 Å². The summed E-state index contributed by atoms with van der Waals surface area (Å²) in [6, 6.07) is 11.6. The molecule has 0 aliphatic carbocycles. The Morgan fingerprint density at radius 3 is 1.88 bits per heavy atom. The molecule has 1 amide bonds. The van der Waals surface area contributed by atoms with Gasteiger partial charge >= 0.3 is 5.97 Å². The monoisotopic (exact) mass is 584 g/mol. The first-order valence-corrected chi connectivity index (χ1v) is 16.0. The minimum atomic E-state index is -0.505. The molecule has 0 saturated heterocycles. The van der Waals surface area contributed by atoms with E-state index in [1.165, 1.54) is 83.5 Å². The minimum Gasteiger partial charge on any atom is -0.490 e. The first kappa shape index (κ1) is 34.3. The van der Waals surface area contributed by atoms with Crippen molar-refractivity contribution >= 4 is 29.7 Å². The number of carbonyl (C=O) groups excluding carboxylic acids is 2. The highest BCUT2D eigenvalue weighted by atomic mass is 35.5. The second-order valence-corrected chi connectivity index (χ2v) is 11.0. The minimum absolute atomic E-state index is 0.0884. The summed E-state index contributed by atoms with van der Waals surface area (Å²) in [7, 11) is 0. The number of hydrogen-bond donors (Lipinski definition) is 1. The molecule has 0 heterocycles. The number of ether oxygens (including phenoxy) is 2. The molecule has 0 aromatic heterocycles. The highest BCUT2D eigenvalue weighted by Gasteiger charge is 2.13. The van der Waals surface area contributed by atoms with Gasteiger partial charge in [-0.15, -0.1) is 0 Å². The molecule has 2 aromatic rings. The Kier molecular flexibility index (Phi) is 18.3. The van der Waals surface area contributed by atoms with Gasteiger partial charge in [0, 0.05) is 11.4 Å². The maximum absolute atomic E-state index is 12.5. The summed E-state index contributed by atoms with van der Waals surface area (Å²) in [5.41, 5.74) is 3.70. The number of carbonyl (C=O) groups is 2. The lowest BCUT2D eigenvalue weighted by Crippen LogP contribution is -2.16. The lowest BCUT2D eigenvalue weighted by Gasteiger charge is -2.11. The van der Waals surface area contributed by atoms with Gasteiger partial charge in [0.1, 0.15) is 0 Å². The largest absolute Gasteiger partial charge is 0.490 e. The van der Waals surface area contributed by atoms with E-state index in [0.29, 0.717) is 40.7 Å². The Labute approximate surface area is 252 Å². The molecular weight excluding hydrogens is 536 g/mol. The molecule has 0 saturated carbocycles. The van der Waals surface area contributed by atoms with Crippen LogP contribution in [0.5, 0.6) is 11.5 Å². The molecule has 0 bridgehead atoms. The van der Waals surface area contributed by atoms with E-state index in [2.05, 4.69) is 17.5 Å². The van der Waals surface area contributed by atoms with Crippen LogP contribution in [0.2, 0.25) is 5.02 Å². The third-order valence-corrected chi connectivity index (χ3v) is 7.21. The van der Waals surface area contributed by atoms with Crippen molar-refractivity contribution in [2.75, 3.05) is 6.61 Å². The summed E-state index contributed by atoms with van der Waals surface area (Å²) in [6.07, 6.45) is 21.5. The van der Waals surface area contributed by atoms with Crippen molar-refractivity contribution in [1.29, 1.82) is 0 Å². The smallest absolute Gasteiger partial charge is 0.343 e. The Hall–Kier alpha value is -2.86. The van der Waals surface area contributed by atoms with E-state index in [-0.39, 0.29) is 5.91 Å². The van der Waals surface area contributed by atoms with Crippen LogP contribution in [-0.2, 0) is 4.79 Å². The van der Waals surface area contributed by atoms with Gasteiger partial charge in [-0.2, -0.15) is 5.10 Å². The van der Waals surface area contributed by atoms with Crippen LogP contribution in [0.25, 0.3) is 0 Å². The molecule has 0 aliphatic rings. The van der Waals surface area contributed by atoms with Crippen LogP contribution in [0.1, 0.15) is 133 Å². The lowest BCUT2D eigenvalue weighted by molar-refractivity contribution is -0.121. The molecule has 41 heavy (non-hydrogen) atoms. The second-order valence-electron chi connectivity index (χ2n) is 10.5. The molecule has 0 unspecified atom stereocenters. The number of esters is 1. The van der Waals surface area contributed by atoms with Gasteiger partial charge in [-0.3, -0.25) is 4.79 Å². The molecule has 2 aromatic carbocycles. The van der Waals surface area contributed by atoms with E-state index in [1.807, 2.05) is 6.92 Å². The summed E-state index contributed by atoms with van der Waals surface area (Å²) < 4.78 is 11.2. The third kappa shape index (κ3) is 15.6. The normalized spacial score (nSPS) is 11.1. The number of nitrogens with zero attached hydrogens (tertiary/aromatic N) is 1. The number of unbranched alkanes of at least 4 members (excludes halogenated alkanes) is 14. The Bertz CT molecular complexity index is 1040. The van der Waals surface area contributed by atoms with Gasteiger partial charge in [-0.1, -0.05) is 108 Å². The van der Waals surface area contributed by atoms with E-state index in [0.717, 1.165) is 12.8 Å². The maximum atomic E-state index is 12.5. The third-order valence-electron chi connectivity index (χ3n) is 6.96. The SMILES string of the molecule is CCCCCCCCCCCCCCCCCC(=O)N/N=C\c1ccc(OC(=O)c2ccc(Cl)cc2)c(OCC)c1. The van der Waals surface area contributed by atoms with Gasteiger partial charge in [0.2, 0.25) is 5.91 Å². The number of nitrogens with one attached hydrogen (secondary N) is 1. The van der Waals surface area contributed by atoms with Gasteiger partial charge in [0.25, 0.3) is 0 Å². The first-order chi connectivity index (χ1) is 20.0. The van der Waals surface area contributed by atoms with Crippen LogP contribution in [0.3, 0.4) is 0 Å². The number of amides is 1. The summed E-state index contributed by atoms with van der Waals surface area (Å²) in [5, 5.41) is 4.62. The standard InChI is InChI=1S/C34H49ClN2O4/c1-3-5-6-7-8-9-10-11-12-13-14-15-16-17-18-19-33(38)37-36-27-28-20-25-31(32(26-28)40-4-2)41-34(39)29-21-23-30(35)24-22-29/h20-27H,3-19H2,1-2H3,(H,37,38)/b36-27-. The molecule has 0 fully saturated rings. The van der Waals surface area contributed by atoms with E-state index in [4.69, 9.17) is 21.1 Å². The first-order valence-electron chi connectivity index (χ1n) is 15.6. The van der Waals surface area contributed by atoms with Crippen molar-refractivity contribution in [3.8, 4) is 11.5 Å². The summed E-state index contributed by atoms with van der Waals surface area (Å²) >= 11 is 5.89. The topological polar surface area (TPSA) is 77.0 Å². The Morgan fingerprint density at radius 2 is 1.32 bits per heavy atom. The Morgan fingerprint density at radius 1 is 0.756 bits per heavy atom. The van der Waals surface area contributed by atoms with Gasteiger partial charge in [-0.25, -0.2) is 10.2 Å². The van der Waals surface area contributed by atoms with Crippen molar-refractivity contribution in [3.05, 3.63) is 58.6 Å². The number of benzene rings is 2. The van der Waals surface area contributed by atoms with Crippen molar-refractivity contribution in [3.63, 3.8) is 0 Å². The van der Waals surface area contributed by atoms with Gasteiger partial charge < -0.3 is 9.47 Å². The average Bonchev–Trinajstić information content (AvgIpc) is 2.97. The maximum Gasteiger partial charge on any atom is 0.343 e. The van der Waals surface area contributed by atoms with Crippen molar-refractivity contribution in [2.45, 2.75) is 117 Å². The molecule has 6 nitrogen and oxygen atoms in total. The molecule has 0 spiro atoms. The zero-order valence-corrected chi connectivity index (χ0v) is 25.9.